The molecule has 0 fully saturated rings. The number of benzene rings is 3. The highest BCUT2D eigenvalue weighted by molar-refractivity contribution is 7.92. The van der Waals surface area contributed by atoms with Gasteiger partial charge in [-0.25, -0.2) is 8.42 Å². The maximum Gasteiger partial charge on any atom is 0.264 e. The number of unbranched alkanes of at least 4 members (excludes halogenated alkanes) is 1. The maximum atomic E-state index is 14.0. The molecule has 0 saturated carbocycles. The molecule has 0 aromatic heterocycles. The summed E-state index contributed by atoms with van der Waals surface area (Å²) in [6.45, 7) is 7.83. The summed E-state index contributed by atoms with van der Waals surface area (Å²) in [6, 6.07) is 19.2. The van der Waals surface area contributed by atoms with Crippen LogP contribution < -0.4 is 14.4 Å². The molecule has 0 radical (unpaired) electrons. The number of nitrogens with zero attached hydrogens (tertiary/aromatic N) is 2. The second-order valence-electron chi connectivity index (χ2n) is 9.69. The van der Waals surface area contributed by atoms with Crippen LogP contribution in [0.1, 0.15) is 44.7 Å². The third kappa shape index (κ3) is 8.47. The molecule has 3 rings (SSSR count). The standard InChI is InChI=1S/C31H38ClN3O5S/c1-5-7-20-33-31(37)24(4)34(21-25-10-8-9-11-29(25)32)30(36)22-35(26-14-12-23(3)13-15-26)41(38,39)28-18-16-27(17-19-28)40-6-2/h8-19,24H,5-7,20-22H2,1-4H3,(H,33,37)/t24-/m0/s1. The minimum atomic E-state index is -4.17. The van der Waals surface area contributed by atoms with Crippen molar-refractivity contribution in [3.8, 4) is 5.75 Å². The first-order valence-corrected chi connectivity index (χ1v) is 15.5. The second-order valence-corrected chi connectivity index (χ2v) is 12.0. The largest absolute Gasteiger partial charge is 0.494 e. The number of halogens is 1. The Labute approximate surface area is 248 Å². The zero-order valence-corrected chi connectivity index (χ0v) is 25.5. The second kappa shape index (κ2) is 14.9. The number of amides is 2. The minimum absolute atomic E-state index is 0.0114. The number of rotatable bonds is 14. The zero-order valence-electron chi connectivity index (χ0n) is 24.0. The zero-order chi connectivity index (χ0) is 30.0. The van der Waals surface area contributed by atoms with Gasteiger partial charge in [0.05, 0.1) is 17.2 Å². The van der Waals surface area contributed by atoms with Crippen LogP contribution in [0.3, 0.4) is 0 Å². The first-order valence-electron chi connectivity index (χ1n) is 13.7. The predicted molar refractivity (Wildman–Crippen MR) is 163 cm³/mol. The molecule has 0 bridgehead atoms. The highest BCUT2D eigenvalue weighted by atomic mass is 35.5. The number of carbonyl (C=O) groups excluding carboxylic acids is 2. The SMILES string of the molecule is CCCCNC(=O)[C@H](C)N(Cc1ccccc1Cl)C(=O)CN(c1ccc(C)cc1)S(=O)(=O)c1ccc(OCC)cc1. The van der Waals surface area contributed by atoms with Gasteiger partial charge in [-0.1, -0.05) is 60.8 Å². The predicted octanol–water partition coefficient (Wildman–Crippen LogP) is 5.58. The molecular formula is C31H38ClN3O5S. The number of aryl methyl sites for hydroxylation is 1. The minimum Gasteiger partial charge on any atom is -0.494 e. The van der Waals surface area contributed by atoms with Crippen molar-refractivity contribution in [2.75, 3.05) is 24.0 Å². The Morgan fingerprint density at radius 2 is 1.63 bits per heavy atom. The molecule has 2 amide bonds. The molecule has 0 aliphatic carbocycles. The molecule has 0 spiro atoms. The number of nitrogens with one attached hydrogen (secondary N) is 1. The van der Waals surface area contributed by atoms with Crippen molar-refractivity contribution in [2.24, 2.45) is 0 Å². The lowest BCUT2D eigenvalue weighted by molar-refractivity contribution is -0.139. The normalized spacial score (nSPS) is 11.9. The molecule has 10 heteroatoms. The fraction of sp³-hybridized carbons (Fsp3) is 0.355. The smallest absolute Gasteiger partial charge is 0.264 e. The van der Waals surface area contributed by atoms with Crippen molar-refractivity contribution in [3.63, 3.8) is 0 Å². The van der Waals surface area contributed by atoms with Gasteiger partial charge in [0.15, 0.2) is 0 Å². The van der Waals surface area contributed by atoms with Crippen LogP contribution in [0.5, 0.6) is 5.75 Å². The van der Waals surface area contributed by atoms with E-state index in [2.05, 4.69) is 5.32 Å². The van der Waals surface area contributed by atoms with E-state index in [0.29, 0.717) is 35.2 Å². The summed E-state index contributed by atoms with van der Waals surface area (Å²) in [7, 11) is -4.17. The van der Waals surface area contributed by atoms with E-state index in [-0.39, 0.29) is 17.3 Å². The van der Waals surface area contributed by atoms with E-state index in [9.17, 15) is 18.0 Å². The van der Waals surface area contributed by atoms with Gasteiger partial charge in [-0.3, -0.25) is 13.9 Å². The van der Waals surface area contributed by atoms with Gasteiger partial charge in [0.25, 0.3) is 10.0 Å². The lowest BCUT2D eigenvalue weighted by Crippen LogP contribution is -2.51. The molecule has 220 valence electrons. The van der Waals surface area contributed by atoms with Gasteiger partial charge in [-0.15, -0.1) is 0 Å². The Kier molecular flexibility index (Phi) is 11.6. The number of anilines is 1. The van der Waals surface area contributed by atoms with E-state index in [0.717, 1.165) is 22.7 Å². The summed E-state index contributed by atoms with van der Waals surface area (Å²) < 4.78 is 34.4. The Bertz CT molecular complexity index is 1410. The molecule has 41 heavy (non-hydrogen) atoms. The average Bonchev–Trinajstić information content (AvgIpc) is 2.96. The van der Waals surface area contributed by atoms with Crippen LogP contribution in [0.15, 0.2) is 77.7 Å². The molecule has 8 nitrogen and oxygen atoms in total. The van der Waals surface area contributed by atoms with Crippen LogP contribution in [-0.4, -0.2) is 50.9 Å². The first kappa shape index (κ1) is 32.0. The molecule has 0 saturated heterocycles. The van der Waals surface area contributed by atoms with E-state index in [4.69, 9.17) is 16.3 Å². The molecular weight excluding hydrogens is 562 g/mol. The van der Waals surface area contributed by atoms with E-state index in [1.807, 2.05) is 20.8 Å². The van der Waals surface area contributed by atoms with Crippen molar-refractivity contribution in [3.05, 3.63) is 88.9 Å². The summed E-state index contributed by atoms with van der Waals surface area (Å²) in [5.41, 5.74) is 1.92. The Morgan fingerprint density at radius 1 is 0.976 bits per heavy atom. The van der Waals surface area contributed by atoms with Crippen LogP contribution in [-0.2, 0) is 26.2 Å². The van der Waals surface area contributed by atoms with Gasteiger partial charge < -0.3 is 15.0 Å². The molecule has 3 aromatic carbocycles. The third-order valence-corrected chi connectivity index (χ3v) is 8.78. The van der Waals surface area contributed by atoms with Crippen molar-refractivity contribution in [2.45, 2.75) is 58.0 Å². The van der Waals surface area contributed by atoms with E-state index >= 15 is 0 Å². The molecule has 1 N–H and O–H groups in total. The fourth-order valence-electron chi connectivity index (χ4n) is 4.17. The number of hydrogen-bond donors (Lipinski definition) is 1. The molecule has 0 aliphatic heterocycles. The molecule has 0 heterocycles. The topological polar surface area (TPSA) is 96.0 Å². The van der Waals surface area contributed by atoms with Crippen molar-refractivity contribution < 1.29 is 22.7 Å². The maximum absolute atomic E-state index is 14.0. The number of sulfonamides is 1. The van der Waals surface area contributed by atoms with Gasteiger partial charge in [-0.05, 0) is 75.2 Å². The van der Waals surface area contributed by atoms with Gasteiger partial charge in [0.2, 0.25) is 11.8 Å². The van der Waals surface area contributed by atoms with Crippen LogP contribution in [0, 0.1) is 6.92 Å². The van der Waals surface area contributed by atoms with Crippen LogP contribution in [0.2, 0.25) is 5.02 Å². The monoisotopic (exact) mass is 599 g/mol. The Balaban J connectivity index is 2.00. The van der Waals surface area contributed by atoms with Gasteiger partial charge in [0.1, 0.15) is 18.3 Å². The van der Waals surface area contributed by atoms with Crippen LogP contribution >= 0.6 is 11.6 Å². The highest BCUT2D eigenvalue weighted by Gasteiger charge is 2.32. The van der Waals surface area contributed by atoms with Crippen molar-refractivity contribution in [1.29, 1.82) is 0 Å². The lowest BCUT2D eigenvalue weighted by atomic mass is 10.1. The first-order chi connectivity index (χ1) is 19.6. The number of carbonyl (C=O) groups is 2. The molecule has 0 aliphatic rings. The Morgan fingerprint density at radius 3 is 2.24 bits per heavy atom. The summed E-state index contributed by atoms with van der Waals surface area (Å²) in [5.74, 6) is -0.327. The van der Waals surface area contributed by atoms with Gasteiger partial charge in [-0.2, -0.15) is 0 Å². The summed E-state index contributed by atoms with van der Waals surface area (Å²) in [5, 5.41) is 3.32. The quantitative estimate of drug-likeness (QED) is 0.244. The van der Waals surface area contributed by atoms with E-state index in [1.54, 1.807) is 67.6 Å². The fourth-order valence-corrected chi connectivity index (χ4v) is 5.78. The van der Waals surface area contributed by atoms with Crippen LogP contribution in [0.25, 0.3) is 0 Å². The summed E-state index contributed by atoms with van der Waals surface area (Å²) in [4.78, 5) is 28.4. The average molecular weight is 600 g/mol. The molecule has 1 atom stereocenters. The van der Waals surface area contributed by atoms with Gasteiger partial charge in [0, 0.05) is 18.1 Å². The van der Waals surface area contributed by atoms with E-state index < -0.39 is 28.5 Å². The highest BCUT2D eigenvalue weighted by Crippen LogP contribution is 2.27. The third-order valence-electron chi connectivity index (χ3n) is 6.62. The molecule has 3 aromatic rings. The van der Waals surface area contributed by atoms with Gasteiger partial charge >= 0.3 is 0 Å². The van der Waals surface area contributed by atoms with Crippen molar-refractivity contribution in [1.82, 2.24) is 10.2 Å². The number of hydrogen-bond acceptors (Lipinski definition) is 5. The van der Waals surface area contributed by atoms with Crippen LogP contribution in [0.4, 0.5) is 5.69 Å². The number of ether oxygens (including phenoxy) is 1. The Hall–Kier alpha value is -3.56. The van der Waals surface area contributed by atoms with E-state index in [1.165, 1.54) is 17.0 Å². The summed E-state index contributed by atoms with van der Waals surface area (Å²) >= 11 is 6.41. The lowest BCUT2D eigenvalue weighted by Gasteiger charge is -2.32. The molecule has 0 unspecified atom stereocenters. The van der Waals surface area contributed by atoms with Crippen molar-refractivity contribution >= 4 is 39.1 Å². The summed E-state index contributed by atoms with van der Waals surface area (Å²) in [6.07, 6.45) is 1.71.